The molecule has 23 nitrogen and oxygen atoms in total. The standard InChI is InChI=1S/C52H65N9O14S2/c1-7-33-34-24-32(15-16-38(34)56-44-35(33)26-61-40(44)25-37-36(47(61)67)28-73-48(68)52(37,72)8-2)75-51(71)60(6)21-20-59(5)50(70)74-27-30-11-13-31(14-12-30)55-45(65)39(10-9-19-54-49(53)69)57-46(66)43(29(3)4)58-41(62)17-22-76-77-23-18-42(63)64/h11-16,24-25,29,39,43,72H,7-10,17-23,26-28H2,1-6H3,(H,55,65)(H,57,66)(H,58,62)(H,63,64)(H3,53,54,69)/t39-,43-,52-/m0/s1. The lowest BCUT2D eigenvalue weighted by Crippen LogP contribution is -2.54. The summed E-state index contributed by atoms with van der Waals surface area (Å²) >= 11 is 0. The number of esters is 1. The Morgan fingerprint density at radius 3 is 2.25 bits per heavy atom. The molecule has 0 bridgehead atoms. The fraction of sp³-hybridized carbons (Fsp3) is 0.462. The van der Waals surface area contributed by atoms with Crippen molar-refractivity contribution >= 4 is 86.1 Å². The summed E-state index contributed by atoms with van der Waals surface area (Å²) in [5.41, 5.74) is 7.65. The molecule has 0 radical (unpaired) electrons. The van der Waals surface area contributed by atoms with Gasteiger partial charge in [0.1, 0.15) is 31.0 Å². The number of aryl methyl sites for hydroxylation is 1. The van der Waals surface area contributed by atoms with Crippen molar-refractivity contribution in [2.75, 3.05) is 50.6 Å². The van der Waals surface area contributed by atoms with E-state index in [0.29, 0.717) is 46.1 Å². The monoisotopic (exact) mass is 1100 g/mol. The van der Waals surface area contributed by atoms with Gasteiger partial charge in [-0.2, -0.15) is 0 Å². The summed E-state index contributed by atoms with van der Waals surface area (Å²) in [7, 11) is 5.74. The highest BCUT2D eigenvalue weighted by molar-refractivity contribution is 8.76. The van der Waals surface area contributed by atoms with Gasteiger partial charge in [-0.05, 0) is 79.1 Å². The van der Waals surface area contributed by atoms with Crippen LogP contribution >= 0.6 is 21.6 Å². The minimum atomic E-state index is -1.95. The van der Waals surface area contributed by atoms with Crippen molar-refractivity contribution in [2.45, 2.75) is 104 Å². The zero-order chi connectivity index (χ0) is 56.1. The quantitative estimate of drug-likeness (QED) is 0.0239. The average Bonchev–Trinajstić information content (AvgIpc) is 3.81. The molecule has 4 heterocycles. The maximum Gasteiger partial charge on any atom is 0.415 e. The molecule has 8 N–H and O–H groups in total. The number of carboxylic acids is 1. The molecule has 77 heavy (non-hydrogen) atoms. The third kappa shape index (κ3) is 14.8. The number of aromatic nitrogens is 2. The first kappa shape index (κ1) is 58.9. The highest BCUT2D eigenvalue weighted by atomic mass is 33.1. The third-order valence-electron chi connectivity index (χ3n) is 13.1. The molecule has 0 aliphatic carbocycles. The third-order valence-corrected chi connectivity index (χ3v) is 15.5. The number of pyridine rings is 2. The van der Waals surface area contributed by atoms with Gasteiger partial charge in [-0.1, -0.05) is 61.4 Å². The molecule has 0 unspecified atom stereocenters. The van der Waals surface area contributed by atoms with Gasteiger partial charge >= 0.3 is 30.2 Å². The van der Waals surface area contributed by atoms with E-state index < -0.39 is 59.7 Å². The Kier molecular flexibility index (Phi) is 20.3. The average molecular weight is 1100 g/mol. The van der Waals surface area contributed by atoms with Gasteiger partial charge < -0.3 is 65.8 Å². The van der Waals surface area contributed by atoms with E-state index in [2.05, 4.69) is 21.3 Å². The maximum absolute atomic E-state index is 13.7. The summed E-state index contributed by atoms with van der Waals surface area (Å²) in [5, 5.41) is 31.5. The first-order chi connectivity index (χ1) is 36.6. The van der Waals surface area contributed by atoms with Gasteiger partial charge in [-0.15, -0.1) is 0 Å². The number of amides is 7. The molecule has 2 aliphatic heterocycles. The van der Waals surface area contributed by atoms with Crippen molar-refractivity contribution in [3.05, 3.63) is 86.7 Å². The summed E-state index contributed by atoms with van der Waals surface area (Å²) in [4.78, 5) is 122. The Morgan fingerprint density at radius 1 is 0.909 bits per heavy atom. The van der Waals surface area contributed by atoms with Crippen LogP contribution in [-0.4, -0.2) is 135 Å². The number of nitrogens with one attached hydrogen (secondary N) is 4. The number of nitrogens with zero attached hydrogens (tertiary/aromatic N) is 4. The molecule has 25 heteroatoms. The summed E-state index contributed by atoms with van der Waals surface area (Å²) in [5.74, 6) is -2.52. The number of rotatable bonds is 25. The molecule has 7 amide bonds. The van der Waals surface area contributed by atoms with Crippen LogP contribution in [0.5, 0.6) is 5.75 Å². The molecular weight excluding hydrogens is 1040 g/mol. The highest BCUT2D eigenvalue weighted by Crippen LogP contribution is 2.41. The largest absolute Gasteiger partial charge is 0.481 e. The fourth-order valence-electron chi connectivity index (χ4n) is 8.65. The van der Waals surface area contributed by atoms with E-state index in [4.69, 9.17) is 30.0 Å². The Morgan fingerprint density at radius 2 is 1.60 bits per heavy atom. The first-order valence-corrected chi connectivity index (χ1v) is 27.6. The minimum absolute atomic E-state index is 0.00415. The molecule has 4 aromatic rings. The molecule has 6 rings (SSSR count). The van der Waals surface area contributed by atoms with Crippen molar-refractivity contribution in [3.8, 4) is 17.1 Å². The number of hydrogen-bond acceptors (Lipinski definition) is 16. The topological polar surface area (TPSA) is 320 Å². The van der Waals surface area contributed by atoms with Crippen molar-refractivity contribution in [3.63, 3.8) is 0 Å². The lowest BCUT2D eigenvalue weighted by Gasteiger charge is -2.31. The molecule has 2 aromatic carbocycles. The van der Waals surface area contributed by atoms with Crippen LogP contribution in [-0.2, 0) is 65.2 Å². The summed E-state index contributed by atoms with van der Waals surface area (Å²) in [6, 6.07) is 10.4. The van der Waals surface area contributed by atoms with Crippen molar-refractivity contribution < 1.29 is 62.8 Å². The van der Waals surface area contributed by atoms with Gasteiger partial charge in [0.2, 0.25) is 17.7 Å². The number of aliphatic hydroxyl groups is 1. The van der Waals surface area contributed by atoms with Crippen molar-refractivity contribution in [2.24, 2.45) is 11.7 Å². The number of carboxylic acid groups (broad SMARTS) is 1. The molecule has 0 fully saturated rings. The van der Waals surface area contributed by atoms with Crippen LogP contribution in [0.25, 0.3) is 22.3 Å². The van der Waals surface area contributed by atoms with Crippen molar-refractivity contribution in [1.29, 1.82) is 0 Å². The first-order valence-electron chi connectivity index (χ1n) is 25.1. The Labute approximate surface area is 452 Å². The highest BCUT2D eigenvalue weighted by Gasteiger charge is 2.45. The van der Waals surface area contributed by atoms with E-state index >= 15 is 0 Å². The smallest absolute Gasteiger partial charge is 0.415 e. The van der Waals surface area contributed by atoms with Crippen LogP contribution in [0.3, 0.4) is 0 Å². The maximum atomic E-state index is 13.7. The second-order valence-corrected chi connectivity index (χ2v) is 21.5. The van der Waals surface area contributed by atoms with Crippen LogP contribution in [0.4, 0.5) is 20.1 Å². The van der Waals surface area contributed by atoms with Crippen LogP contribution in [0.15, 0.2) is 53.3 Å². The molecule has 3 atom stereocenters. The van der Waals surface area contributed by atoms with Crippen LogP contribution in [0, 0.1) is 5.92 Å². The minimum Gasteiger partial charge on any atom is -0.481 e. The van der Waals surface area contributed by atoms with Gasteiger partial charge in [-0.3, -0.25) is 24.0 Å². The Hall–Kier alpha value is -7.38. The lowest BCUT2D eigenvalue weighted by atomic mass is 9.86. The van der Waals surface area contributed by atoms with E-state index in [0.717, 1.165) is 16.5 Å². The number of benzene rings is 2. The fourth-order valence-corrected chi connectivity index (χ4v) is 10.6. The van der Waals surface area contributed by atoms with Gasteiger partial charge in [0.15, 0.2) is 5.60 Å². The van der Waals surface area contributed by atoms with E-state index in [-0.39, 0.29) is 106 Å². The number of carbonyl (C=O) groups is 8. The van der Waals surface area contributed by atoms with Gasteiger partial charge in [0.05, 0.1) is 35.4 Å². The van der Waals surface area contributed by atoms with E-state index in [1.165, 1.54) is 45.5 Å². The number of nitrogens with two attached hydrogens (primary N) is 1. The zero-order valence-electron chi connectivity index (χ0n) is 43.7. The molecule has 0 saturated carbocycles. The van der Waals surface area contributed by atoms with Crippen LogP contribution < -0.4 is 37.3 Å². The van der Waals surface area contributed by atoms with E-state index in [1.54, 1.807) is 73.9 Å². The number of ether oxygens (including phenoxy) is 3. The Balaban J connectivity index is 0.987. The molecular formula is C52H65N9O14S2. The number of anilines is 1. The summed E-state index contributed by atoms with van der Waals surface area (Å²) < 4.78 is 18.0. The predicted octanol–water partition coefficient (Wildman–Crippen LogP) is 4.60. The van der Waals surface area contributed by atoms with Crippen LogP contribution in [0.1, 0.15) is 87.6 Å². The predicted molar refractivity (Wildman–Crippen MR) is 288 cm³/mol. The number of aliphatic carboxylic acids is 1. The zero-order valence-corrected chi connectivity index (χ0v) is 45.4. The SMILES string of the molecule is CCc1c2c(nc3ccc(OC(=O)N(C)CCN(C)C(=O)OCc4ccc(NC(=O)[C@H](CCCNC(N)=O)NC(=O)[C@@H](NC(=O)CCSSCCC(=O)O)C(C)C)cc4)cc13)-c1cc3c(c(=O)n1C2)COC(=O)[C@]3(O)CC. The lowest BCUT2D eigenvalue weighted by molar-refractivity contribution is -0.172. The molecule has 414 valence electrons. The summed E-state index contributed by atoms with van der Waals surface area (Å²) in [6.45, 7) is 7.31. The number of likely N-dealkylation sites (N-methyl/N-ethyl adjacent to an activating group) is 2. The van der Waals surface area contributed by atoms with Gasteiger partial charge in [0, 0.05) is 73.9 Å². The summed E-state index contributed by atoms with van der Waals surface area (Å²) in [6.07, 6.45) is -0.263. The van der Waals surface area contributed by atoms with E-state index in [1.807, 2.05) is 6.92 Å². The van der Waals surface area contributed by atoms with Crippen molar-refractivity contribution in [1.82, 2.24) is 35.3 Å². The number of hydrogen-bond donors (Lipinski definition) is 7. The number of primary amides is 1. The second kappa shape index (κ2) is 26.6. The molecule has 2 aromatic heterocycles. The second-order valence-electron chi connectivity index (χ2n) is 18.8. The molecule has 2 aliphatic rings. The number of fused-ring (bicyclic) bond motifs is 5. The van der Waals surface area contributed by atoms with Gasteiger partial charge in [-0.25, -0.2) is 24.2 Å². The number of urea groups is 1. The van der Waals surface area contributed by atoms with Gasteiger partial charge in [0.25, 0.3) is 5.56 Å². The normalized spacial score (nSPS) is 15.0. The Bertz CT molecular complexity index is 2950. The molecule has 0 saturated heterocycles. The number of cyclic esters (lactones) is 1. The van der Waals surface area contributed by atoms with Crippen LogP contribution in [0.2, 0.25) is 0 Å². The van der Waals surface area contributed by atoms with E-state index in [9.17, 15) is 48.3 Å². The molecule has 0 spiro atoms. The number of carbonyl (C=O) groups excluding carboxylic acids is 7.